The van der Waals surface area contributed by atoms with Gasteiger partial charge < -0.3 is 0 Å². The highest BCUT2D eigenvalue weighted by atomic mass is 79.9. The summed E-state index contributed by atoms with van der Waals surface area (Å²) in [7, 11) is 0. The highest BCUT2D eigenvalue weighted by Gasteiger charge is 2.13. The van der Waals surface area contributed by atoms with Crippen molar-refractivity contribution < 1.29 is 0 Å². The Balaban J connectivity index is 2.24. The summed E-state index contributed by atoms with van der Waals surface area (Å²) in [6.07, 6.45) is 1.96. The molecule has 0 N–H and O–H groups in total. The van der Waals surface area contributed by atoms with Crippen molar-refractivity contribution in [2.24, 2.45) is 0 Å². The number of hydrogen-bond donors (Lipinski definition) is 0. The van der Waals surface area contributed by atoms with Gasteiger partial charge in [0.25, 0.3) is 0 Å². The molecule has 0 saturated heterocycles. The van der Waals surface area contributed by atoms with Gasteiger partial charge in [-0.25, -0.2) is 0 Å². The van der Waals surface area contributed by atoms with E-state index < -0.39 is 0 Å². The quantitative estimate of drug-likeness (QED) is 0.800. The Morgan fingerprint density at radius 2 is 2.07 bits per heavy atom. The summed E-state index contributed by atoms with van der Waals surface area (Å²) < 4.78 is 1.83. The third-order valence-corrected chi connectivity index (χ3v) is 3.23. The zero-order valence-electron chi connectivity index (χ0n) is 8.47. The first-order chi connectivity index (χ1) is 7.31. The van der Waals surface area contributed by atoms with Gasteiger partial charge in [0, 0.05) is 12.7 Å². The molecule has 1 unspecified atom stereocenters. The van der Waals surface area contributed by atoms with Gasteiger partial charge in [-0.15, -0.1) is 5.10 Å². The summed E-state index contributed by atoms with van der Waals surface area (Å²) in [5, 5.41) is 8.15. The molecule has 1 aromatic carbocycles. The molecule has 1 heterocycles. The molecule has 0 saturated carbocycles. The van der Waals surface area contributed by atoms with Crippen LogP contribution >= 0.6 is 15.9 Å². The van der Waals surface area contributed by atoms with E-state index in [0.717, 1.165) is 12.2 Å². The topological polar surface area (TPSA) is 30.7 Å². The van der Waals surface area contributed by atoms with Crippen molar-refractivity contribution in [2.45, 2.75) is 18.3 Å². The summed E-state index contributed by atoms with van der Waals surface area (Å²) in [5.41, 5.74) is 2.14. The van der Waals surface area contributed by atoms with Gasteiger partial charge in [-0.1, -0.05) is 51.5 Å². The molecule has 0 fully saturated rings. The monoisotopic (exact) mass is 265 g/mol. The minimum Gasteiger partial charge on any atom is -0.253 e. The fourth-order valence-electron chi connectivity index (χ4n) is 1.38. The van der Waals surface area contributed by atoms with Gasteiger partial charge in [0.1, 0.15) is 5.69 Å². The second kappa shape index (κ2) is 4.57. The van der Waals surface area contributed by atoms with Gasteiger partial charge in [-0.05, 0) is 12.5 Å². The van der Waals surface area contributed by atoms with E-state index in [2.05, 4.69) is 38.4 Å². The van der Waals surface area contributed by atoms with Crippen LogP contribution in [0.4, 0.5) is 0 Å². The predicted molar refractivity (Wildman–Crippen MR) is 62.9 cm³/mol. The zero-order chi connectivity index (χ0) is 10.7. The number of alkyl halides is 1. The number of nitrogens with zero attached hydrogens (tertiary/aromatic N) is 3. The number of aromatic nitrogens is 3. The van der Waals surface area contributed by atoms with Crippen molar-refractivity contribution in [1.29, 1.82) is 0 Å². The lowest BCUT2D eigenvalue weighted by atomic mass is 10.1. The van der Waals surface area contributed by atoms with Crippen LogP contribution in [0.1, 0.15) is 23.0 Å². The fourth-order valence-corrected chi connectivity index (χ4v) is 1.89. The maximum absolute atomic E-state index is 4.13. The zero-order valence-corrected chi connectivity index (χ0v) is 10.1. The lowest BCUT2D eigenvalue weighted by Crippen LogP contribution is -1.93. The normalized spacial score (nSPS) is 12.7. The van der Waals surface area contributed by atoms with E-state index >= 15 is 0 Å². The molecule has 0 aliphatic rings. The molecule has 0 amide bonds. The largest absolute Gasteiger partial charge is 0.253 e. The highest BCUT2D eigenvalue weighted by Crippen LogP contribution is 2.28. The van der Waals surface area contributed by atoms with Crippen LogP contribution in [-0.4, -0.2) is 15.0 Å². The molecule has 0 spiro atoms. The number of halogens is 1. The Kier molecular flexibility index (Phi) is 3.16. The minimum atomic E-state index is 0.124. The summed E-state index contributed by atoms with van der Waals surface area (Å²) >= 11 is 3.62. The van der Waals surface area contributed by atoms with Crippen LogP contribution in [-0.2, 0) is 6.54 Å². The summed E-state index contributed by atoms with van der Waals surface area (Å²) in [4.78, 5) is 0.124. The van der Waals surface area contributed by atoms with E-state index in [1.807, 2.05) is 36.0 Å². The molecule has 2 aromatic rings. The van der Waals surface area contributed by atoms with Crippen LogP contribution < -0.4 is 0 Å². The molecular formula is C11H12BrN3. The standard InChI is InChI=1S/C11H12BrN3/c1-2-15-8-10(13-14-15)11(12)9-6-4-3-5-7-9/h3-8,11H,2H2,1H3. The van der Waals surface area contributed by atoms with Gasteiger partial charge in [0.2, 0.25) is 0 Å². The first-order valence-electron chi connectivity index (χ1n) is 4.90. The van der Waals surface area contributed by atoms with Crippen LogP contribution in [0, 0.1) is 0 Å². The first-order valence-corrected chi connectivity index (χ1v) is 5.82. The molecule has 0 bridgehead atoms. The Labute approximate surface area is 97.2 Å². The fraction of sp³-hybridized carbons (Fsp3) is 0.273. The Morgan fingerprint density at radius 1 is 1.33 bits per heavy atom. The van der Waals surface area contributed by atoms with Gasteiger partial charge >= 0.3 is 0 Å². The van der Waals surface area contributed by atoms with Crippen molar-refractivity contribution >= 4 is 15.9 Å². The van der Waals surface area contributed by atoms with Crippen molar-refractivity contribution in [2.75, 3.05) is 0 Å². The third-order valence-electron chi connectivity index (χ3n) is 2.23. The Bertz CT molecular complexity index is 424. The molecule has 78 valence electrons. The molecule has 4 heteroatoms. The molecular weight excluding hydrogens is 254 g/mol. The van der Waals surface area contributed by atoms with Crippen LogP contribution in [0.25, 0.3) is 0 Å². The summed E-state index contributed by atoms with van der Waals surface area (Å²) in [6.45, 7) is 2.89. The van der Waals surface area contributed by atoms with Crippen molar-refractivity contribution in [3.05, 3.63) is 47.8 Å². The molecule has 3 nitrogen and oxygen atoms in total. The molecule has 0 aliphatic heterocycles. The molecule has 0 radical (unpaired) electrons. The van der Waals surface area contributed by atoms with Gasteiger partial charge in [-0.3, -0.25) is 4.68 Å². The van der Waals surface area contributed by atoms with Crippen LogP contribution in [0.3, 0.4) is 0 Å². The third kappa shape index (κ3) is 2.26. The molecule has 0 aliphatic carbocycles. The lowest BCUT2D eigenvalue weighted by molar-refractivity contribution is 0.626. The average Bonchev–Trinajstić information content (AvgIpc) is 2.78. The first kappa shape index (κ1) is 10.4. The molecule has 1 atom stereocenters. The van der Waals surface area contributed by atoms with E-state index in [1.54, 1.807) is 0 Å². The average molecular weight is 266 g/mol. The number of benzene rings is 1. The number of rotatable bonds is 3. The van der Waals surface area contributed by atoms with E-state index in [1.165, 1.54) is 5.56 Å². The van der Waals surface area contributed by atoms with Gasteiger partial charge in [0.05, 0.1) is 4.83 Å². The van der Waals surface area contributed by atoms with Gasteiger partial charge in [0.15, 0.2) is 0 Å². The van der Waals surface area contributed by atoms with E-state index in [0.29, 0.717) is 0 Å². The van der Waals surface area contributed by atoms with E-state index in [9.17, 15) is 0 Å². The molecule has 2 rings (SSSR count). The van der Waals surface area contributed by atoms with E-state index in [-0.39, 0.29) is 4.83 Å². The van der Waals surface area contributed by atoms with Crippen molar-refractivity contribution in [3.8, 4) is 0 Å². The Morgan fingerprint density at radius 3 is 2.67 bits per heavy atom. The second-order valence-electron chi connectivity index (χ2n) is 3.27. The maximum Gasteiger partial charge on any atom is 0.101 e. The van der Waals surface area contributed by atoms with Crippen molar-refractivity contribution in [3.63, 3.8) is 0 Å². The predicted octanol–water partition coefficient (Wildman–Crippen LogP) is 2.78. The van der Waals surface area contributed by atoms with E-state index in [4.69, 9.17) is 0 Å². The van der Waals surface area contributed by atoms with Crippen LogP contribution in [0.2, 0.25) is 0 Å². The minimum absolute atomic E-state index is 0.124. The SMILES string of the molecule is CCn1cc(C(Br)c2ccccc2)nn1. The second-order valence-corrected chi connectivity index (χ2v) is 4.19. The summed E-state index contributed by atoms with van der Waals surface area (Å²) in [6, 6.07) is 10.2. The molecule has 1 aromatic heterocycles. The summed E-state index contributed by atoms with van der Waals surface area (Å²) in [5.74, 6) is 0. The van der Waals surface area contributed by atoms with Crippen LogP contribution in [0.5, 0.6) is 0 Å². The smallest absolute Gasteiger partial charge is 0.101 e. The number of aryl methyl sites for hydroxylation is 1. The highest BCUT2D eigenvalue weighted by molar-refractivity contribution is 9.09. The number of hydrogen-bond acceptors (Lipinski definition) is 2. The lowest BCUT2D eigenvalue weighted by Gasteiger charge is -2.05. The van der Waals surface area contributed by atoms with Gasteiger partial charge in [-0.2, -0.15) is 0 Å². The molecule has 15 heavy (non-hydrogen) atoms. The van der Waals surface area contributed by atoms with Crippen molar-refractivity contribution in [1.82, 2.24) is 15.0 Å². The maximum atomic E-state index is 4.13. The van der Waals surface area contributed by atoms with Crippen LogP contribution in [0.15, 0.2) is 36.5 Å². The Hall–Kier alpha value is -1.16.